The minimum atomic E-state index is -0.0594. The summed E-state index contributed by atoms with van der Waals surface area (Å²) < 4.78 is 1.84. The number of fused-ring (bicyclic) bond motifs is 1. The Hall–Kier alpha value is -3.22. The summed E-state index contributed by atoms with van der Waals surface area (Å²) in [7, 11) is 0. The summed E-state index contributed by atoms with van der Waals surface area (Å²) in [5.41, 5.74) is 6.37. The minimum absolute atomic E-state index is 0.00882. The molecule has 0 aliphatic rings. The zero-order valence-corrected chi connectivity index (χ0v) is 18.2. The van der Waals surface area contributed by atoms with Crippen molar-refractivity contribution in [1.29, 1.82) is 0 Å². The molecule has 7 heteroatoms. The SMILES string of the molecule is Cc1cc2nc(C)c(CCC(=O)Nc3ccc(CC(=O)NC(C)C)cc3)c(C)n2n1. The molecule has 0 aliphatic heterocycles. The number of amides is 2. The summed E-state index contributed by atoms with van der Waals surface area (Å²) in [4.78, 5) is 28.9. The van der Waals surface area contributed by atoms with Crippen molar-refractivity contribution in [2.24, 2.45) is 0 Å². The van der Waals surface area contributed by atoms with Gasteiger partial charge in [-0.15, -0.1) is 0 Å². The van der Waals surface area contributed by atoms with Gasteiger partial charge in [-0.05, 0) is 64.3 Å². The highest BCUT2D eigenvalue weighted by Crippen LogP contribution is 2.18. The molecule has 3 rings (SSSR count). The fourth-order valence-corrected chi connectivity index (χ4v) is 3.53. The molecule has 0 unspecified atom stereocenters. The Morgan fingerprint density at radius 1 is 1.07 bits per heavy atom. The molecular formula is C23H29N5O2. The Bertz CT molecular complexity index is 1070. The zero-order valence-electron chi connectivity index (χ0n) is 18.2. The van der Waals surface area contributed by atoms with Gasteiger partial charge in [-0.25, -0.2) is 9.50 Å². The van der Waals surface area contributed by atoms with Crippen molar-refractivity contribution < 1.29 is 9.59 Å². The largest absolute Gasteiger partial charge is 0.354 e. The van der Waals surface area contributed by atoms with Crippen LogP contribution in [0.1, 0.15) is 48.5 Å². The van der Waals surface area contributed by atoms with Gasteiger partial charge >= 0.3 is 0 Å². The van der Waals surface area contributed by atoms with Crippen LogP contribution in [0.4, 0.5) is 5.69 Å². The number of nitrogens with one attached hydrogen (secondary N) is 2. The molecule has 30 heavy (non-hydrogen) atoms. The van der Waals surface area contributed by atoms with Crippen molar-refractivity contribution in [2.75, 3.05) is 5.32 Å². The first-order valence-corrected chi connectivity index (χ1v) is 10.2. The molecule has 3 aromatic rings. The number of aromatic nitrogens is 3. The number of anilines is 1. The third-order valence-electron chi connectivity index (χ3n) is 4.94. The van der Waals surface area contributed by atoms with Crippen LogP contribution < -0.4 is 10.6 Å². The van der Waals surface area contributed by atoms with E-state index in [4.69, 9.17) is 0 Å². The molecule has 0 radical (unpaired) electrons. The lowest BCUT2D eigenvalue weighted by Gasteiger charge is -2.11. The highest BCUT2D eigenvalue weighted by atomic mass is 16.2. The quantitative estimate of drug-likeness (QED) is 0.629. The van der Waals surface area contributed by atoms with Gasteiger partial charge < -0.3 is 10.6 Å². The predicted octanol–water partition coefficient (Wildman–Crippen LogP) is 3.29. The number of benzene rings is 1. The van der Waals surface area contributed by atoms with E-state index in [2.05, 4.69) is 20.7 Å². The van der Waals surface area contributed by atoms with Crippen LogP contribution in [0.2, 0.25) is 0 Å². The monoisotopic (exact) mass is 407 g/mol. The zero-order chi connectivity index (χ0) is 21.8. The van der Waals surface area contributed by atoms with E-state index in [1.54, 1.807) is 0 Å². The van der Waals surface area contributed by atoms with E-state index in [-0.39, 0.29) is 17.9 Å². The highest BCUT2D eigenvalue weighted by molar-refractivity contribution is 5.91. The van der Waals surface area contributed by atoms with Crippen LogP contribution in [0.25, 0.3) is 5.65 Å². The molecule has 0 saturated carbocycles. The first-order valence-electron chi connectivity index (χ1n) is 10.2. The van der Waals surface area contributed by atoms with Crippen molar-refractivity contribution in [2.45, 2.75) is 59.9 Å². The maximum atomic E-state index is 12.4. The predicted molar refractivity (Wildman–Crippen MR) is 118 cm³/mol. The Morgan fingerprint density at radius 2 is 1.77 bits per heavy atom. The van der Waals surface area contributed by atoms with E-state index in [0.717, 1.165) is 39.5 Å². The second-order valence-electron chi connectivity index (χ2n) is 7.96. The molecule has 0 atom stereocenters. The van der Waals surface area contributed by atoms with Crippen LogP contribution in [0.5, 0.6) is 0 Å². The molecule has 0 aliphatic carbocycles. The molecule has 2 amide bonds. The first-order chi connectivity index (χ1) is 14.2. The highest BCUT2D eigenvalue weighted by Gasteiger charge is 2.13. The Morgan fingerprint density at radius 3 is 2.43 bits per heavy atom. The van der Waals surface area contributed by atoms with Crippen LogP contribution in [-0.4, -0.2) is 32.5 Å². The maximum absolute atomic E-state index is 12.4. The van der Waals surface area contributed by atoms with Crippen LogP contribution in [0.3, 0.4) is 0 Å². The molecule has 2 heterocycles. The molecular weight excluding hydrogens is 378 g/mol. The van der Waals surface area contributed by atoms with E-state index in [0.29, 0.717) is 19.3 Å². The van der Waals surface area contributed by atoms with E-state index in [1.807, 2.05) is 69.5 Å². The smallest absolute Gasteiger partial charge is 0.224 e. The van der Waals surface area contributed by atoms with E-state index < -0.39 is 0 Å². The fraction of sp³-hybridized carbons (Fsp3) is 0.391. The van der Waals surface area contributed by atoms with Gasteiger partial charge in [0.2, 0.25) is 11.8 Å². The van der Waals surface area contributed by atoms with Crippen molar-refractivity contribution >= 4 is 23.1 Å². The second kappa shape index (κ2) is 9.07. The van der Waals surface area contributed by atoms with Gasteiger partial charge in [-0.3, -0.25) is 9.59 Å². The average molecular weight is 408 g/mol. The Labute approximate surface area is 176 Å². The molecule has 7 nitrogen and oxygen atoms in total. The number of carbonyl (C=O) groups is 2. The van der Waals surface area contributed by atoms with Crippen molar-refractivity contribution in [3.63, 3.8) is 0 Å². The summed E-state index contributed by atoms with van der Waals surface area (Å²) in [6.07, 6.45) is 1.28. The topological polar surface area (TPSA) is 88.4 Å². The molecule has 0 spiro atoms. The van der Waals surface area contributed by atoms with Crippen molar-refractivity contribution in [3.8, 4) is 0 Å². The summed E-state index contributed by atoms with van der Waals surface area (Å²) >= 11 is 0. The van der Waals surface area contributed by atoms with Gasteiger partial charge in [0.25, 0.3) is 0 Å². The standard InChI is InChI=1S/C23H29N5O2/c1-14(2)24-23(30)13-18-6-8-19(9-7-18)26-22(29)11-10-20-16(4)25-21-12-15(3)27-28(21)17(20)5/h6-9,12,14H,10-11,13H2,1-5H3,(H,24,30)(H,26,29). The lowest BCUT2D eigenvalue weighted by Crippen LogP contribution is -2.31. The number of hydrogen-bond acceptors (Lipinski definition) is 4. The summed E-state index contributed by atoms with van der Waals surface area (Å²) in [5, 5.41) is 10.3. The molecule has 0 fully saturated rings. The summed E-state index contributed by atoms with van der Waals surface area (Å²) in [6, 6.07) is 9.45. The average Bonchev–Trinajstić information content (AvgIpc) is 3.03. The Kier molecular flexibility index (Phi) is 6.50. The maximum Gasteiger partial charge on any atom is 0.224 e. The number of aryl methyl sites for hydroxylation is 3. The van der Waals surface area contributed by atoms with E-state index >= 15 is 0 Å². The van der Waals surface area contributed by atoms with Crippen LogP contribution in [0, 0.1) is 20.8 Å². The number of carbonyl (C=O) groups excluding carboxylic acids is 2. The van der Waals surface area contributed by atoms with Crippen LogP contribution in [-0.2, 0) is 22.4 Å². The number of nitrogens with zero attached hydrogens (tertiary/aromatic N) is 3. The van der Waals surface area contributed by atoms with Crippen molar-refractivity contribution in [1.82, 2.24) is 19.9 Å². The van der Waals surface area contributed by atoms with Gasteiger partial charge in [0.15, 0.2) is 5.65 Å². The summed E-state index contributed by atoms with van der Waals surface area (Å²) in [5.74, 6) is -0.0682. The lowest BCUT2D eigenvalue weighted by molar-refractivity contribution is -0.121. The fourth-order valence-electron chi connectivity index (χ4n) is 3.53. The van der Waals surface area contributed by atoms with Gasteiger partial charge in [-0.1, -0.05) is 12.1 Å². The molecule has 2 N–H and O–H groups in total. The van der Waals surface area contributed by atoms with Crippen molar-refractivity contribution in [3.05, 3.63) is 58.5 Å². The normalized spacial score (nSPS) is 11.1. The third kappa shape index (κ3) is 5.23. The Balaban J connectivity index is 1.58. The number of hydrogen-bond donors (Lipinski definition) is 2. The first kappa shape index (κ1) is 21.5. The number of rotatable bonds is 7. The van der Waals surface area contributed by atoms with Gasteiger partial charge in [0, 0.05) is 35.6 Å². The second-order valence-corrected chi connectivity index (χ2v) is 7.96. The third-order valence-corrected chi connectivity index (χ3v) is 4.94. The molecule has 158 valence electrons. The molecule has 0 saturated heterocycles. The molecule has 0 bridgehead atoms. The van der Waals surface area contributed by atoms with Crippen LogP contribution in [0.15, 0.2) is 30.3 Å². The molecule has 2 aromatic heterocycles. The van der Waals surface area contributed by atoms with Gasteiger partial charge in [0.05, 0.1) is 12.1 Å². The van der Waals surface area contributed by atoms with E-state index in [1.165, 1.54) is 0 Å². The van der Waals surface area contributed by atoms with Gasteiger partial charge in [0.1, 0.15) is 0 Å². The van der Waals surface area contributed by atoms with E-state index in [9.17, 15) is 9.59 Å². The summed E-state index contributed by atoms with van der Waals surface area (Å²) in [6.45, 7) is 9.79. The lowest BCUT2D eigenvalue weighted by atomic mass is 10.1. The van der Waals surface area contributed by atoms with Crippen LogP contribution >= 0.6 is 0 Å². The van der Waals surface area contributed by atoms with Gasteiger partial charge in [-0.2, -0.15) is 5.10 Å². The molecule has 1 aromatic carbocycles. The minimum Gasteiger partial charge on any atom is -0.354 e.